The maximum Gasteiger partial charge on any atom is 0.274 e. The van der Waals surface area contributed by atoms with Crippen molar-refractivity contribution in [1.82, 2.24) is 15.3 Å². The first-order valence-electron chi connectivity index (χ1n) is 12.0. The number of nitrogens with one attached hydrogen (secondary N) is 1. The smallest absolute Gasteiger partial charge is 0.274 e. The van der Waals surface area contributed by atoms with Gasteiger partial charge in [0.1, 0.15) is 12.1 Å². The number of amides is 1. The normalized spacial score (nSPS) is 14.0. The quantitative estimate of drug-likeness (QED) is 0.362. The van der Waals surface area contributed by atoms with Crippen LogP contribution in [0, 0.1) is 12.8 Å². The number of nitrogens with zero attached hydrogens (tertiary/aromatic N) is 3. The first-order valence-corrected chi connectivity index (χ1v) is 12.8. The molecule has 0 bridgehead atoms. The highest BCUT2D eigenvalue weighted by Gasteiger charge is 2.23. The molecule has 194 valence electrons. The van der Waals surface area contributed by atoms with Gasteiger partial charge in [-0.15, -0.1) is 0 Å². The number of hydrogen-bond acceptors (Lipinski definition) is 7. The molecule has 10 heteroatoms. The number of hydrogen-bond donors (Lipinski definition) is 3. The Balaban J connectivity index is 1.39. The largest absolute Gasteiger partial charge is 0.504 e. The van der Waals surface area contributed by atoms with Gasteiger partial charge in [0.15, 0.2) is 11.4 Å². The van der Waals surface area contributed by atoms with E-state index in [-0.39, 0.29) is 24.6 Å². The summed E-state index contributed by atoms with van der Waals surface area (Å²) >= 11 is 12.5. The van der Waals surface area contributed by atoms with Gasteiger partial charge in [0, 0.05) is 40.8 Å². The average molecular weight is 543 g/mol. The van der Waals surface area contributed by atoms with E-state index in [4.69, 9.17) is 23.2 Å². The third-order valence-electron chi connectivity index (χ3n) is 6.62. The van der Waals surface area contributed by atoms with Gasteiger partial charge in [-0.05, 0) is 61.1 Å². The fourth-order valence-electron chi connectivity index (χ4n) is 4.53. The van der Waals surface area contributed by atoms with Gasteiger partial charge in [-0.25, -0.2) is 9.97 Å². The van der Waals surface area contributed by atoms with Crippen molar-refractivity contribution in [3.63, 3.8) is 0 Å². The summed E-state index contributed by atoms with van der Waals surface area (Å²) in [6.45, 7) is 3.02. The van der Waals surface area contributed by atoms with E-state index >= 15 is 0 Å². The van der Waals surface area contributed by atoms with Crippen LogP contribution in [0.1, 0.15) is 40.4 Å². The van der Waals surface area contributed by atoms with E-state index in [0.717, 1.165) is 42.7 Å². The number of aliphatic hydroxyl groups is 1. The minimum absolute atomic E-state index is 0.101. The van der Waals surface area contributed by atoms with Crippen LogP contribution >= 0.6 is 23.2 Å². The molecule has 1 aliphatic heterocycles. The van der Waals surface area contributed by atoms with Crippen LogP contribution in [0.25, 0.3) is 11.1 Å². The highest BCUT2D eigenvalue weighted by atomic mass is 35.5. The van der Waals surface area contributed by atoms with Crippen molar-refractivity contribution in [2.24, 2.45) is 5.92 Å². The second-order valence-electron chi connectivity index (χ2n) is 9.06. The molecule has 3 N–H and O–H groups in total. The average Bonchev–Trinajstić information content (AvgIpc) is 2.89. The van der Waals surface area contributed by atoms with E-state index in [1.807, 2.05) is 24.3 Å². The highest BCUT2D eigenvalue weighted by Crippen LogP contribution is 2.33. The monoisotopic (exact) mass is 542 g/mol. The minimum Gasteiger partial charge on any atom is -0.504 e. The summed E-state index contributed by atoms with van der Waals surface area (Å²) in [6.07, 6.45) is 3.05. The van der Waals surface area contributed by atoms with E-state index in [1.54, 1.807) is 6.92 Å². The lowest BCUT2D eigenvalue weighted by Gasteiger charge is -2.33. The maximum absolute atomic E-state index is 12.2. The fourth-order valence-corrected chi connectivity index (χ4v) is 5.14. The Morgan fingerprint density at radius 3 is 2.35 bits per heavy atom. The van der Waals surface area contributed by atoms with Gasteiger partial charge in [-0.3, -0.25) is 4.79 Å². The SMILES string of the molecule is Cc1nc(CC2CCN(c3ccc(-c4cc(Cl)c(CO)c(Cl)c4)cc3)CC2)nc(C(=O)NCC=O)c1O. The molecule has 4 rings (SSSR count). The van der Waals surface area contributed by atoms with Gasteiger partial charge in [-0.1, -0.05) is 35.3 Å². The number of rotatable bonds is 8. The molecule has 0 spiro atoms. The van der Waals surface area contributed by atoms with E-state index in [9.17, 15) is 19.8 Å². The number of anilines is 1. The summed E-state index contributed by atoms with van der Waals surface area (Å²) in [5, 5.41) is 22.9. The van der Waals surface area contributed by atoms with E-state index in [2.05, 4.69) is 32.3 Å². The third-order valence-corrected chi connectivity index (χ3v) is 7.29. The van der Waals surface area contributed by atoms with Crippen LogP contribution in [0.5, 0.6) is 5.75 Å². The zero-order valence-electron chi connectivity index (χ0n) is 20.4. The molecule has 37 heavy (non-hydrogen) atoms. The molecule has 8 nitrogen and oxygen atoms in total. The molecule has 0 aliphatic carbocycles. The number of aldehydes is 1. The van der Waals surface area contributed by atoms with Crippen molar-refractivity contribution < 1.29 is 19.8 Å². The van der Waals surface area contributed by atoms with Crippen molar-refractivity contribution in [2.75, 3.05) is 24.5 Å². The zero-order chi connectivity index (χ0) is 26.5. The lowest BCUT2D eigenvalue weighted by atomic mass is 9.92. The predicted molar refractivity (Wildman–Crippen MR) is 143 cm³/mol. The fraction of sp³-hybridized carbons (Fsp3) is 0.333. The van der Waals surface area contributed by atoms with Gasteiger partial charge < -0.3 is 25.2 Å². The molecule has 0 radical (unpaired) electrons. The zero-order valence-corrected chi connectivity index (χ0v) is 21.9. The highest BCUT2D eigenvalue weighted by molar-refractivity contribution is 6.36. The third kappa shape index (κ3) is 6.21. The molecule has 1 fully saturated rings. The molecular weight excluding hydrogens is 515 g/mol. The van der Waals surface area contributed by atoms with Crippen LogP contribution in [0.3, 0.4) is 0 Å². The van der Waals surface area contributed by atoms with Gasteiger partial charge in [0.05, 0.1) is 18.8 Å². The summed E-state index contributed by atoms with van der Waals surface area (Å²) in [5.74, 6) is 0.00126. The Morgan fingerprint density at radius 1 is 1.11 bits per heavy atom. The Kier molecular flexibility index (Phi) is 8.63. The molecule has 0 unspecified atom stereocenters. The van der Waals surface area contributed by atoms with Crippen LogP contribution in [0.2, 0.25) is 10.0 Å². The number of aryl methyl sites for hydroxylation is 1. The molecule has 1 amide bonds. The number of aliphatic hydroxyl groups excluding tert-OH is 1. The summed E-state index contributed by atoms with van der Waals surface area (Å²) in [7, 11) is 0. The molecule has 3 aromatic rings. The lowest BCUT2D eigenvalue weighted by molar-refractivity contribution is -0.107. The molecular formula is C27H28Cl2N4O4. The molecule has 0 saturated carbocycles. The van der Waals surface area contributed by atoms with E-state index in [0.29, 0.717) is 45.8 Å². The van der Waals surface area contributed by atoms with Gasteiger partial charge in [0.2, 0.25) is 0 Å². The number of carbonyl (C=O) groups excluding carboxylic acids is 2. The summed E-state index contributed by atoms with van der Waals surface area (Å²) in [6, 6.07) is 11.8. The van der Waals surface area contributed by atoms with Crippen LogP contribution in [-0.2, 0) is 17.8 Å². The standard InChI is InChI=1S/C27H28Cl2N4O4/c1-16-26(36)25(27(37)30-8-11-34)32-24(31-16)12-17-6-9-33(10-7-17)20-4-2-18(3-5-20)19-13-22(28)21(15-35)23(29)14-19/h2-5,11,13-14,17,35-36H,6-10,12,15H2,1H3,(H,30,37). The summed E-state index contributed by atoms with van der Waals surface area (Å²) in [4.78, 5) is 33.8. The van der Waals surface area contributed by atoms with Crippen molar-refractivity contribution >= 4 is 41.1 Å². The molecule has 1 aromatic heterocycles. The first-order chi connectivity index (χ1) is 17.8. The lowest BCUT2D eigenvalue weighted by Crippen LogP contribution is -2.34. The van der Waals surface area contributed by atoms with Crippen molar-refractivity contribution in [1.29, 1.82) is 0 Å². The first kappa shape index (κ1) is 26.9. The van der Waals surface area contributed by atoms with Crippen LogP contribution in [0.15, 0.2) is 36.4 Å². The number of aromatic nitrogens is 2. The maximum atomic E-state index is 12.2. The Labute approximate surface area is 225 Å². The number of halogens is 2. The second kappa shape index (κ2) is 11.9. The molecule has 1 saturated heterocycles. The Bertz CT molecular complexity index is 1270. The molecule has 0 atom stereocenters. The minimum atomic E-state index is -0.594. The van der Waals surface area contributed by atoms with Crippen LogP contribution in [0.4, 0.5) is 5.69 Å². The van der Waals surface area contributed by atoms with E-state index < -0.39 is 5.91 Å². The van der Waals surface area contributed by atoms with Crippen molar-refractivity contribution in [3.8, 4) is 16.9 Å². The Hall–Kier alpha value is -3.20. The summed E-state index contributed by atoms with van der Waals surface area (Å²) < 4.78 is 0. The molecule has 2 heterocycles. The van der Waals surface area contributed by atoms with Crippen molar-refractivity contribution in [3.05, 3.63) is 69.2 Å². The van der Waals surface area contributed by atoms with Gasteiger partial charge in [-0.2, -0.15) is 0 Å². The molecule has 1 aliphatic rings. The summed E-state index contributed by atoms with van der Waals surface area (Å²) in [5.41, 5.74) is 3.76. The number of aromatic hydroxyl groups is 1. The topological polar surface area (TPSA) is 116 Å². The van der Waals surface area contributed by atoms with E-state index in [1.165, 1.54) is 0 Å². The predicted octanol–water partition coefficient (Wildman–Crippen LogP) is 4.34. The molecule has 2 aromatic carbocycles. The van der Waals surface area contributed by atoms with Crippen LogP contribution < -0.4 is 10.2 Å². The van der Waals surface area contributed by atoms with Crippen molar-refractivity contribution in [2.45, 2.75) is 32.8 Å². The second-order valence-corrected chi connectivity index (χ2v) is 9.87. The van der Waals surface area contributed by atoms with Gasteiger partial charge >= 0.3 is 0 Å². The van der Waals surface area contributed by atoms with Gasteiger partial charge in [0.25, 0.3) is 5.91 Å². The number of carbonyl (C=O) groups is 2. The number of piperidine rings is 1. The Morgan fingerprint density at radius 2 is 1.76 bits per heavy atom. The number of benzene rings is 2. The van der Waals surface area contributed by atoms with Crippen LogP contribution in [-0.4, -0.2) is 52.0 Å².